The van der Waals surface area contributed by atoms with E-state index in [0.29, 0.717) is 0 Å². The number of hydrogen-bond acceptors (Lipinski definition) is 2. The van der Waals surface area contributed by atoms with Crippen molar-refractivity contribution in [1.29, 1.82) is 0 Å². The van der Waals surface area contributed by atoms with Crippen molar-refractivity contribution in [3.8, 4) is 0 Å². The fourth-order valence-corrected chi connectivity index (χ4v) is 1.30. The molecule has 0 spiro atoms. The number of carbonyl (C=O) groups is 1. The molecule has 1 saturated heterocycles. The van der Waals surface area contributed by atoms with Crippen LogP contribution >= 0.6 is 0 Å². The van der Waals surface area contributed by atoms with E-state index in [1.807, 2.05) is 30.3 Å². The first-order valence-electron chi connectivity index (χ1n) is 3.82. The molecule has 62 valence electrons. The van der Waals surface area contributed by atoms with Crippen molar-refractivity contribution in [2.75, 3.05) is 0 Å². The Morgan fingerprint density at radius 1 is 1.25 bits per heavy atom. The van der Waals surface area contributed by atoms with Gasteiger partial charge in [0.15, 0.2) is 6.10 Å². The number of rotatable bonds is 1. The van der Waals surface area contributed by atoms with E-state index >= 15 is 0 Å². The first-order valence-corrected chi connectivity index (χ1v) is 3.82. The number of aliphatic hydroxyl groups excluding tert-OH is 1. The molecule has 12 heavy (non-hydrogen) atoms. The average molecular weight is 163 g/mol. The summed E-state index contributed by atoms with van der Waals surface area (Å²) < 4.78 is 0. The van der Waals surface area contributed by atoms with E-state index in [1.165, 1.54) is 0 Å². The van der Waals surface area contributed by atoms with Gasteiger partial charge in [0.05, 0.1) is 6.04 Å². The highest BCUT2D eigenvalue weighted by molar-refractivity contribution is 5.88. The predicted molar refractivity (Wildman–Crippen MR) is 43.3 cm³/mol. The maximum absolute atomic E-state index is 10.7. The maximum Gasteiger partial charge on any atom is 0.251 e. The van der Waals surface area contributed by atoms with E-state index < -0.39 is 6.10 Å². The van der Waals surface area contributed by atoms with E-state index in [2.05, 4.69) is 5.32 Å². The second-order valence-electron chi connectivity index (χ2n) is 2.84. The van der Waals surface area contributed by atoms with Crippen LogP contribution < -0.4 is 5.32 Å². The molecule has 1 amide bonds. The van der Waals surface area contributed by atoms with Crippen molar-refractivity contribution in [3.05, 3.63) is 35.9 Å². The van der Waals surface area contributed by atoms with Gasteiger partial charge in [-0.15, -0.1) is 0 Å². The molecule has 0 unspecified atom stereocenters. The lowest BCUT2D eigenvalue weighted by Crippen LogP contribution is -2.55. The van der Waals surface area contributed by atoms with Crippen LogP contribution in [0.3, 0.4) is 0 Å². The molecule has 1 aliphatic rings. The molecule has 0 aromatic heterocycles. The molecule has 2 rings (SSSR count). The van der Waals surface area contributed by atoms with Crippen molar-refractivity contribution in [3.63, 3.8) is 0 Å². The zero-order valence-corrected chi connectivity index (χ0v) is 6.40. The SMILES string of the molecule is O=C1N[C@@H](c2ccccc2)[C@@H]1O. The Labute approximate surface area is 70.0 Å². The second-order valence-corrected chi connectivity index (χ2v) is 2.84. The highest BCUT2D eigenvalue weighted by Crippen LogP contribution is 2.23. The van der Waals surface area contributed by atoms with Crippen LogP contribution in [0.1, 0.15) is 11.6 Å². The van der Waals surface area contributed by atoms with Crippen LogP contribution in [0.15, 0.2) is 30.3 Å². The minimum absolute atomic E-state index is 0.210. The predicted octanol–water partition coefficient (Wildman–Crippen LogP) is 0.218. The van der Waals surface area contributed by atoms with Gasteiger partial charge in [0.1, 0.15) is 0 Å². The van der Waals surface area contributed by atoms with Crippen molar-refractivity contribution in [2.24, 2.45) is 0 Å². The van der Waals surface area contributed by atoms with E-state index in [0.717, 1.165) is 5.56 Å². The molecule has 1 heterocycles. The van der Waals surface area contributed by atoms with Crippen LogP contribution in [0, 0.1) is 0 Å². The van der Waals surface area contributed by atoms with Crippen LogP contribution in [0.2, 0.25) is 0 Å². The zero-order valence-electron chi connectivity index (χ0n) is 6.40. The van der Waals surface area contributed by atoms with E-state index in [-0.39, 0.29) is 11.9 Å². The molecule has 3 heteroatoms. The molecule has 1 aromatic carbocycles. The minimum atomic E-state index is -0.868. The van der Waals surface area contributed by atoms with E-state index in [4.69, 9.17) is 0 Å². The summed E-state index contributed by atoms with van der Waals surface area (Å²) in [5.74, 6) is -0.288. The lowest BCUT2D eigenvalue weighted by molar-refractivity contribution is -0.142. The van der Waals surface area contributed by atoms with Gasteiger partial charge >= 0.3 is 0 Å². The van der Waals surface area contributed by atoms with Gasteiger partial charge in [-0.25, -0.2) is 0 Å². The Kier molecular flexibility index (Phi) is 1.59. The summed E-state index contributed by atoms with van der Waals surface area (Å²) in [4.78, 5) is 10.7. The Morgan fingerprint density at radius 2 is 1.92 bits per heavy atom. The Balaban J connectivity index is 2.18. The van der Waals surface area contributed by atoms with Crippen molar-refractivity contribution in [2.45, 2.75) is 12.1 Å². The number of aliphatic hydroxyl groups is 1. The topological polar surface area (TPSA) is 49.3 Å². The van der Waals surface area contributed by atoms with Gasteiger partial charge in [-0.05, 0) is 5.56 Å². The monoisotopic (exact) mass is 163 g/mol. The van der Waals surface area contributed by atoms with Gasteiger partial charge in [-0.2, -0.15) is 0 Å². The molecular formula is C9H9NO2. The standard InChI is InChI=1S/C9H9NO2/c11-8-7(10-9(8)12)6-4-2-1-3-5-6/h1-5,7-8,11H,(H,10,12)/t7-,8-/m0/s1. The highest BCUT2D eigenvalue weighted by atomic mass is 16.3. The Bertz CT molecular complexity index is 297. The number of β-lactam (4-membered cyclic amide) rings is 1. The molecular weight excluding hydrogens is 154 g/mol. The lowest BCUT2D eigenvalue weighted by Gasteiger charge is -2.33. The quantitative estimate of drug-likeness (QED) is 0.582. The molecule has 0 aliphatic carbocycles. The molecule has 1 fully saturated rings. The largest absolute Gasteiger partial charge is 0.381 e. The summed E-state index contributed by atoms with van der Waals surface area (Å²) in [6, 6.07) is 9.22. The third-order valence-corrected chi connectivity index (χ3v) is 2.04. The normalized spacial score (nSPS) is 27.6. The van der Waals surface area contributed by atoms with E-state index in [1.54, 1.807) is 0 Å². The Hall–Kier alpha value is -1.35. The lowest BCUT2D eigenvalue weighted by atomic mass is 9.94. The highest BCUT2D eigenvalue weighted by Gasteiger charge is 2.38. The number of carbonyl (C=O) groups excluding carboxylic acids is 1. The maximum atomic E-state index is 10.7. The number of hydrogen-bond donors (Lipinski definition) is 2. The van der Waals surface area contributed by atoms with Crippen LogP contribution in [0.5, 0.6) is 0 Å². The van der Waals surface area contributed by atoms with Crippen LogP contribution in [-0.4, -0.2) is 17.1 Å². The third-order valence-electron chi connectivity index (χ3n) is 2.04. The number of amides is 1. The van der Waals surface area contributed by atoms with Crippen molar-refractivity contribution >= 4 is 5.91 Å². The summed E-state index contributed by atoms with van der Waals surface area (Å²) in [7, 11) is 0. The fraction of sp³-hybridized carbons (Fsp3) is 0.222. The average Bonchev–Trinajstić information content (AvgIpc) is 2.15. The summed E-state index contributed by atoms with van der Waals surface area (Å²) in [6.45, 7) is 0. The van der Waals surface area contributed by atoms with Gasteiger partial charge in [0.2, 0.25) is 0 Å². The summed E-state index contributed by atoms with van der Waals surface area (Å²) in [5, 5.41) is 11.8. The molecule has 0 saturated carbocycles. The van der Waals surface area contributed by atoms with Gasteiger partial charge in [0.25, 0.3) is 5.91 Å². The molecule has 2 atom stereocenters. The second kappa shape index (κ2) is 2.60. The van der Waals surface area contributed by atoms with Crippen LogP contribution in [-0.2, 0) is 4.79 Å². The minimum Gasteiger partial charge on any atom is -0.381 e. The van der Waals surface area contributed by atoms with E-state index in [9.17, 15) is 9.90 Å². The fourth-order valence-electron chi connectivity index (χ4n) is 1.30. The molecule has 1 aromatic rings. The zero-order chi connectivity index (χ0) is 8.55. The van der Waals surface area contributed by atoms with Gasteiger partial charge < -0.3 is 10.4 Å². The first kappa shape index (κ1) is 7.31. The van der Waals surface area contributed by atoms with Gasteiger partial charge in [-0.3, -0.25) is 4.79 Å². The van der Waals surface area contributed by atoms with Crippen molar-refractivity contribution in [1.82, 2.24) is 5.32 Å². The molecule has 1 aliphatic heterocycles. The van der Waals surface area contributed by atoms with Crippen molar-refractivity contribution < 1.29 is 9.90 Å². The number of nitrogens with one attached hydrogen (secondary N) is 1. The Morgan fingerprint density at radius 3 is 2.42 bits per heavy atom. The summed E-state index contributed by atoms with van der Waals surface area (Å²) >= 11 is 0. The summed E-state index contributed by atoms with van der Waals surface area (Å²) in [6.07, 6.45) is -0.868. The molecule has 3 nitrogen and oxygen atoms in total. The molecule has 0 bridgehead atoms. The molecule has 0 radical (unpaired) electrons. The number of benzene rings is 1. The third kappa shape index (κ3) is 0.987. The van der Waals surface area contributed by atoms with Crippen LogP contribution in [0.4, 0.5) is 0 Å². The summed E-state index contributed by atoms with van der Waals surface area (Å²) in [5.41, 5.74) is 0.949. The van der Waals surface area contributed by atoms with Crippen LogP contribution in [0.25, 0.3) is 0 Å². The van der Waals surface area contributed by atoms with Gasteiger partial charge in [-0.1, -0.05) is 30.3 Å². The smallest absolute Gasteiger partial charge is 0.251 e. The molecule has 2 N–H and O–H groups in total. The van der Waals surface area contributed by atoms with Gasteiger partial charge in [0, 0.05) is 0 Å². The first-order chi connectivity index (χ1) is 5.79.